The van der Waals surface area contributed by atoms with Gasteiger partial charge >= 0.3 is 6.09 Å². The van der Waals surface area contributed by atoms with E-state index in [0.717, 1.165) is 41.0 Å². The zero-order valence-electron chi connectivity index (χ0n) is 23.1. The highest BCUT2D eigenvalue weighted by Crippen LogP contribution is 2.26. The first kappa shape index (κ1) is 28.4. The van der Waals surface area contributed by atoms with Gasteiger partial charge in [-0.15, -0.1) is 11.3 Å². The number of fused-ring (bicyclic) bond motifs is 2. The molecule has 1 saturated carbocycles. The van der Waals surface area contributed by atoms with Crippen LogP contribution in [0.4, 0.5) is 4.79 Å². The lowest BCUT2D eigenvalue weighted by molar-refractivity contribution is 0.0480. The second-order valence-electron chi connectivity index (χ2n) is 11.6. The van der Waals surface area contributed by atoms with E-state index >= 15 is 0 Å². The maximum absolute atomic E-state index is 13.4. The summed E-state index contributed by atoms with van der Waals surface area (Å²) in [5, 5.41) is 11.0. The second kappa shape index (κ2) is 11.4. The summed E-state index contributed by atoms with van der Waals surface area (Å²) in [5.41, 5.74) is 1.58. The Balaban J connectivity index is 1.31. The van der Waals surface area contributed by atoms with E-state index in [-0.39, 0.29) is 23.9 Å². The maximum atomic E-state index is 13.4. The molecule has 214 valence electrons. The van der Waals surface area contributed by atoms with Crippen LogP contribution in [0, 0.1) is 0 Å². The average molecular weight is 587 g/mol. The third-order valence-electron chi connectivity index (χ3n) is 7.15. The molecule has 10 nitrogen and oxygen atoms in total. The highest BCUT2D eigenvalue weighted by atomic mass is 35.5. The van der Waals surface area contributed by atoms with Gasteiger partial charge in [0.25, 0.3) is 11.8 Å². The van der Waals surface area contributed by atoms with Crippen LogP contribution in [-0.4, -0.2) is 70.1 Å². The summed E-state index contributed by atoms with van der Waals surface area (Å²) in [6, 6.07) is 6.17. The normalized spacial score (nSPS) is 21.5. The predicted octanol–water partition coefficient (Wildman–Crippen LogP) is 4.24. The number of rotatable bonds is 5. The number of aromatic amines is 1. The van der Waals surface area contributed by atoms with Crippen molar-refractivity contribution in [2.75, 3.05) is 13.6 Å². The van der Waals surface area contributed by atoms with Crippen LogP contribution in [0.2, 0.25) is 5.02 Å². The number of halogens is 1. The fourth-order valence-electron chi connectivity index (χ4n) is 5.23. The number of carbonyl (C=O) groups excluding carboxylic acids is 3. The van der Waals surface area contributed by atoms with E-state index in [1.807, 2.05) is 26.8 Å². The minimum Gasteiger partial charge on any atom is -0.444 e. The third-order valence-corrected chi connectivity index (χ3v) is 8.46. The monoisotopic (exact) mass is 586 g/mol. The minimum atomic E-state index is -0.620. The van der Waals surface area contributed by atoms with Crippen LogP contribution in [0.25, 0.3) is 10.9 Å². The lowest BCUT2D eigenvalue weighted by Crippen LogP contribution is -2.58. The number of likely N-dealkylation sites (N-methyl/N-ethyl adjacent to an activating group) is 1. The summed E-state index contributed by atoms with van der Waals surface area (Å²) in [5.74, 6) is -0.549. The van der Waals surface area contributed by atoms with Gasteiger partial charge in [-0.25, -0.2) is 9.78 Å². The predicted molar refractivity (Wildman–Crippen MR) is 155 cm³/mol. The van der Waals surface area contributed by atoms with Crippen LogP contribution < -0.4 is 16.0 Å². The summed E-state index contributed by atoms with van der Waals surface area (Å²) in [7, 11) is 2.05. The smallest absolute Gasteiger partial charge is 0.407 e. The molecule has 1 unspecified atom stereocenters. The minimum absolute atomic E-state index is 0.221. The van der Waals surface area contributed by atoms with Crippen molar-refractivity contribution >= 4 is 51.7 Å². The molecule has 3 heterocycles. The lowest BCUT2D eigenvalue weighted by Gasteiger charge is -2.37. The summed E-state index contributed by atoms with van der Waals surface area (Å²) in [6.45, 7) is 7.12. The van der Waals surface area contributed by atoms with Gasteiger partial charge < -0.3 is 30.6 Å². The Morgan fingerprint density at radius 1 is 1.10 bits per heavy atom. The number of nitrogens with zero attached hydrogens (tertiary/aromatic N) is 2. The fourth-order valence-corrected chi connectivity index (χ4v) is 6.50. The number of nitrogens with one attached hydrogen (secondary N) is 4. The number of thiazole rings is 1. The number of aromatic nitrogens is 2. The molecule has 2 aliphatic rings. The van der Waals surface area contributed by atoms with Crippen LogP contribution in [0.15, 0.2) is 24.3 Å². The van der Waals surface area contributed by atoms with E-state index in [2.05, 4.69) is 37.9 Å². The molecule has 1 aliphatic carbocycles. The molecule has 12 heteroatoms. The van der Waals surface area contributed by atoms with Gasteiger partial charge in [-0.1, -0.05) is 11.6 Å². The Morgan fingerprint density at radius 2 is 1.88 bits per heavy atom. The van der Waals surface area contributed by atoms with Crippen molar-refractivity contribution in [1.82, 2.24) is 30.8 Å². The SMILES string of the molecule is CN1CCc2nc(C(=O)N[C@@H]3CC(NC(=O)OC(C)(C)C)CC[C@@H]3NC(=O)c3cc4cc(Cl)ccc4[nH]3)sc2C1. The molecule has 1 fully saturated rings. The van der Waals surface area contributed by atoms with Crippen LogP contribution in [0.3, 0.4) is 0 Å². The second-order valence-corrected chi connectivity index (χ2v) is 13.1. The largest absolute Gasteiger partial charge is 0.444 e. The first-order valence-electron chi connectivity index (χ1n) is 13.5. The molecule has 0 radical (unpaired) electrons. The highest BCUT2D eigenvalue weighted by Gasteiger charge is 2.35. The molecular weight excluding hydrogens is 552 g/mol. The molecule has 0 spiro atoms. The highest BCUT2D eigenvalue weighted by molar-refractivity contribution is 7.13. The molecule has 40 heavy (non-hydrogen) atoms. The Kier molecular flexibility index (Phi) is 8.08. The van der Waals surface area contributed by atoms with Gasteiger partial charge in [-0.05, 0) is 71.3 Å². The number of hydrogen-bond acceptors (Lipinski definition) is 7. The summed E-state index contributed by atoms with van der Waals surface area (Å²) >= 11 is 7.52. The van der Waals surface area contributed by atoms with Crippen LogP contribution in [0.5, 0.6) is 0 Å². The Hall–Kier alpha value is -3.15. The quantitative estimate of drug-likeness (QED) is 0.354. The number of ether oxygens (including phenoxy) is 1. The summed E-state index contributed by atoms with van der Waals surface area (Å²) in [6.07, 6.45) is 1.93. The first-order chi connectivity index (χ1) is 18.9. The molecule has 3 atom stereocenters. The standard InChI is InChI=1S/C28H35ClN6O4S/c1-28(2,3)39-27(38)30-17-6-8-19(32-24(36)22-12-15-11-16(29)5-7-18(15)31-22)21(13-17)33-25(37)26-34-20-9-10-35(4)14-23(20)40-26/h5,7,11-12,17,19,21,31H,6,8-10,13-14H2,1-4H3,(H,30,38)(H,32,36)(H,33,37)/t17?,19-,21+/m0/s1. The number of carbonyl (C=O) groups is 3. The first-order valence-corrected chi connectivity index (χ1v) is 14.7. The molecule has 3 aromatic rings. The molecule has 0 bridgehead atoms. The van der Waals surface area contributed by atoms with Crippen LogP contribution in [0.1, 0.15) is 70.9 Å². The van der Waals surface area contributed by atoms with Crippen molar-refractivity contribution < 1.29 is 19.1 Å². The zero-order chi connectivity index (χ0) is 28.6. The number of H-pyrrole nitrogens is 1. The third kappa shape index (κ3) is 6.76. The van der Waals surface area contributed by atoms with Gasteiger partial charge in [0, 0.05) is 52.4 Å². The van der Waals surface area contributed by atoms with E-state index in [9.17, 15) is 14.4 Å². The van der Waals surface area contributed by atoms with Crippen LogP contribution >= 0.6 is 22.9 Å². The van der Waals surface area contributed by atoms with E-state index in [0.29, 0.717) is 35.0 Å². The van der Waals surface area contributed by atoms with Crippen molar-refractivity contribution in [3.63, 3.8) is 0 Å². The zero-order valence-corrected chi connectivity index (χ0v) is 24.7. The van der Waals surface area contributed by atoms with E-state index in [4.69, 9.17) is 16.3 Å². The van der Waals surface area contributed by atoms with Gasteiger partial charge in [0.15, 0.2) is 5.01 Å². The van der Waals surface area contributed by atoms with Crippen molar-refractivity contribution in [1.29, 1.82) is 0 Å². The van der Waals surface area contributed by atoms with Crippen molar-refractivity contribution in [3.05, 3.63) is 50.6 Å². The lowest BCUT2D eigenvalue weighted by atomic mass is 9.86. The van der Waals surface area contributed by atoms with Crippen molar-refractivity contribution in [2.24, 2.45) is 0 Å². The van der Waals surface area contributed by atoms with Crippen LogP contribution in [-0.2, 0) is 17.7 Å². The van der Waals surface area contributed by atoms with Crippen molar-refractivity contribution in [3.8, 4) is 0 Å². The molecule has 2 aromatic heterocycles. The van der Waals surface area contributed by atoms with E-state index in [1.165, 1.54) is 11.3 Å². The summed E-state index contributed by atoms with van der Waals surface area (Å²) < 4.78 is 5.43. The molecular formula is C28H35ClN6O4S. The van der Waals surface area contributed by atoms with Gasteiger partial charge in [0.05, 0.1) is 11.7 Å². The van der Waals surface area contributed by atoms with E-state index in [1.54, 1.807) is 18.2 Å². The molecule has 4 N–H and O–H groups in total. The Labute approximate surface area is 242 Å². The molecule has 1 aliphatic heterocycles. The van der Waals surface area contributed by atoms with Gasteiger partial charge in [0.1, 0.15) is 11.3 Å². The Morgan fingerprint density at radius 3 is 2.65 bits per heavy atom. The van der Waals surface area contributed by atoms with Gasteiger partial charge in [0.2, 0.25) is 0 Å². The maximum Gasteiger partial charge on any atom is 0.407 e. The molecule has 5 rings (SSSR count). The number of alkyl carbamates (subject to hydrolysis) is 1. The summed E-state index contributed by atoms with van der Waals surface area (Å²) in [4.78, 5) is 50.1. The van der Waals surface area contributed by atoms with Gasteiger partial charge in [-0.3, -0.25) is 9.59 Å². The average Bonchev–Trinajstić information content (AvgIpc) is 3.48. The number of hydrogen-bond donors (Lipinski definition) is 4. The topological polar surface area (TPSA) is 128 Å². The number of amides is 3. The number of benzene rings is 1. The van der Waals surface area contributed by atoms with Crippen molar-refractivity contribution in [2.45, 2.75) is 76.7 Å². The van der Waals surface area contributed by atoms with E-state index < -0.39 is 17.7 Å². The molecule has 3 amide bonds. The Bertz CT molecular complexity index is 1430. The molecule has 0 saturated heterocycles. The molecule has 1 aromatic carbocycles. The van der Waals surface area contributed by atoms with Gasteiger partial charge in [-0.2, -0.15) is 0 Å². The fraction of sp³-hybridized carbons (Fsp3) is 0.500.